The van der Waals surface area contributed by atoms with Crippen molar-refractivity contribution in [2.75, 3.05) is 26.6 Å². The Morgan fingerprint density at radius 2 is 1.50 bits per heavy atom. The Bertz CT molecular complexity index is 497. The number of hydrogen-bond donors (Lipinski definition) is 1. The lowest BCUT2D eigenvalue weighted by atomic mass is 10.1. The van der Waals surface area contributed by atoms with Crippen LogP contribution in [0.3, 0.4) is 0 Å². The zero-order valence-corrected chi connectivity index (χ0v) is 11.3. The van der Waals surface area contributed by atoms with Crippen LogP contribution in [0, 0.1) is 0 Å². The molecular formula is C13H15NO6. The fourth-order valence-electron chi connectivity index (χ4n) is 1.50. The molecule has 0 atom stereocenters. The third kappa shape index (κ3) is 3.47. The minimum atomic E-state index is -1.36. The second-order valence-corrected chi connectivity index (χ2v) is 3.66. The van der Waals surface area contributed by atoms with Gasteiger partial charge in [0, 0.05) is 5.69 Å². The van der Waals surface area contributed by atoms with Gasteiger partial charge in [-0.2, -0.15) is 0 Å². The van der Waals surface area contributed by atoms with Crippen molar-refractivity contribution in [2.45, 2.75) is 6.04 Å². The molecule has 0 unspecified atom stereocenters. The van der Waals surface area contributed by atoms with E-state index in [-0.39, 0.29) is 11.3 Å². The molecule has 0 saturated heterocycles. The van der Waals surface area contributed by atoms with Crippen molar-refractivity contribution < 1.29 is 28.6 Å². The van der Waals surface area contributed by atoms with Crippen molar-refractivity contribution in [3.8, 4) is 0 Å². The molecule has 0 fully saturated rings. The van der Waals surface area contributed by atoms with E-state index in [4.69, 9.17) is 0 Å². The van der Waals surface area contributed by atoms with Gasteiger partial charge in [-0.25, -0.2) is 14.4 Å². The van der Waals surface area contributed by atoms with Crippen LogP contribution in [0.1, 0.15) is 10.4 Å². The van der Waals surface area contributed by atoms with Crippen molar-refractivity contribution in [1.82, 2.24) is 0 Å². The zero-order chi connectivity index (χ0) is 15.1. The van der Waals surface area contributed by atoms with E-state index in [1.165, 1.54) is 19.2 Å². The van der Waals surface area contributed by atoms with E-state index >= 15 is 0 Å². The largest absolute Gasteiger partial charge is 0.467 e. The van der Waals surface area contributed by atoms with Gasteiger partial charge in [0.1, 0.15) is 0 Å². The average Bonchev–Trinajstić information content (AvgIpc) is 2.50. The van der Waals surface area contributed by atoms with Gasteiger partial charge >= 0.3 is 17.9 Å². The first-order valence-corrected chi connectivity index (χ1v) is 5.64. The molecule has 0 aromatic heterocycles. The van der Waals surface area contributed by atoms with Gasteiger partial charge in [0.15, 0.2) is 0 Å². The molecule has 7 nitrogen and oxygen atoms in total. The number of ether oxygens (including phenoxy) is 3. The molecule has 0 aliphatic heterocycles. The molecule has 0 spiro atoms. The van der Waals surface area contributed by atoms with E-state index in [0.717, 1.165) is 14.2 Å². The van der Waals surface area contributed by atoms with Crippen LogP contribution in [0.4, 0.5) is 5.69 Å². The smallest absolute Gasteiger partial charge is 0.340 e. The second kappa shape index (κ2) is 7.13. The number of methoxy groups -OCH3 is 3. The summed E-state index contributed by atoms with van der Waals surface area (Å²) >= 11 is 0. The van der Waals surface area contributed by atoms with Crippen molar-refractivity contribution in [3.63, 3.8) is 0 Å². The van der Waals surface area contributed by atoms with Crippen LogP contribution in [-0.4, -0.2) is 45.3 Å². The Morgan fingerprint density at radius 3 is 2.00 bits per heavy atom. The van der Waals surface area contributed by atoms with Crippen molar-refractivity contribution in [2.24, 2.45) is 0 Å². The monoisotopic (exact) mass is 281 g/mol. The summed E-state index contributed by atoms with van der Waals surface area (Å²) in [6.07, 6.45) is 0. The third-order valence-corrected chi connectivity index (χ3v) is 2.51. The van der Waals surface area contributed by atoms with Gasteiger partial charge in [-0.1, -0.05) is 12.1 Å². The molecule has 1 aromatic carbocycles. The van der Waals surface area contributed by atoms with E-state index in [9.17, 15) is 14.4 Å². The van der Waals surface area contributed by atoms with E-state index in [1.54, 1.807) is 12.1 Å². The van der Waals surface area contributed by atoms with Gasteiger partial charge in [0.2, 0.25) is 6.04 Å². The lowest BCUT2D eigenvalue weighted by Gasteiger charge is -2.17. The van der Waals surface area contributed by atoms with E-state index < -0.39 is 23.9 Å². The van der Waals surface area contributed by atoms with Gasteiger partial charge in [0.25, 0.3) is 0 Å². The number of benzene rings is 1. The molecule has 0 aliphatic rings. The first kappa shape index (κ1) is 15.5. The van der Waals surface area contributed by atoms with Crippen LogP contribution < -0.4 is 5.32 Å². The highest BCUT2D eigenvalue weighted by molar-refractivity contribution is 6.04. The average molecular weight is 281 g/mol. The van der Waals surface area contributed by atoms with Crippen LogP contribution >= 0.6 is 0 Å². The predicted octanol–water partition coefficient (Wildman–Crippen LogP) is 0.600. The molecule has 108 valence electrons. The Hall–Kier alpha value is -2.57. The summed E-state index contributed by atoms with van der Waals surface area (Å²) in [5.74, 6) is -2.24. The Morgan fingerprint density at radius 1 is 0.950 bits per heavy atom. The standard InChI is InChI=1S/C13H15NO6/c1-18-11(15)8-6-4-5-7-9(8)14-10(12(16)19-2)13(17)20-3/h4-7,10,14H,1-3H3. The molecule has 1 rings (SSSR count). The molecule has 0 heterocycles. The summed E-state index contributed by atoms with van der Waals surface area (Å²) in [7, 11) is 3.52. The number of esters is 3. The van der Waals surface area contributed by atoms with Gasteiger partial charge < -0.3 is 19.5 Å². The quantitative estimate of drug-likeness (QED) is 0.480. The number of carbonyl (C=O) groups excluding carboxylic acids is 3. The van der Waals surface area contributed by atoms with Crippen molar-refractivity contribution >= 4 is 23.6 Å². The highest BCUT2D eigenvalue weighted by atomic mass is 16.5. The lowest BCUT2D eigenvalue weighted by molar-refractivity contribution is -0.152. The molecule has 0 radical (unpaired) electrons. The maximum Gasteiger partial charge on any atom is 0.340 e. The summed E-state index contributed by atoms with van der Waals surface area (Å²) in [6, 6.07) is 4.93. The van der Waals surface area contributed by atoms with E-state index in [1.807, 2.05) is 0 Å². The van der Waals surface area contributed by atoms with Gasteiger partial charge in [-0.05, 0) is 12.1 Å². The molecule has 0 aliphatic carbocycles. The summed E-state index contributed by atoms with van der Waals surface area (Å²) in [4.78, 5) is 34.7. The molecule has 1 aromatic rings. The SMILES string of the molecule is COC(=O)c1ccccc1NC(C(=O)OC)C(=O)OC. The summed E-state index contributed by atoms with van der Waals surface area (Å²) < 4.78 is 13.7. The number of nitrogens with one attached hydrogen (secondary N) is 1. The molecule has 20 heavy (non-hydrogen) atoms. The summed E-state index contributed by atoms with van der Waals surface area (Å²) in [5.41, 5.74) is 0.452. The maximum atomic E-state index is 11.6. The summed E-state index contributed by atoms with van der Waals surface area (Å²) in [5, 5.41) is 2.61. The molecule has 0 amide bonds. The number of anilines is 1. The fraction of sp³-hybridized carbons (Fsp3) is 0.308. The maximum absolute atomic E-state index is 11.6. The highest BCUT2D eigenvalue weighted by Crippen LogP contribution is 2.17. The number of hydrogen-bond acceptors (Lipinski definition) is 7. The molecular weight excluding hydrogens is 266 g/mol. The molecule has 0 bridgehead atoms. The van der Waals surface area contributed by atoms with Crippen LogP contribution in [0.5, 0.6) is 0 Å². The first-order chi connectivity index (χ1) is 9.54. The van der Waals surface area contributed by atoms with Crippen LogP contribution in [0.15, 0.2) is 24.3 Å². The third-order valence-electron chi connectivity index (χ3n) is 2.51. The zero-order valence-electron chi connectivity index (χ0n) is 11.3. The van der Waals surface area contributed by atoms with Gasteiger partial charge in [-0.3, -0.25) is 0 Å². The van der Waals surface area contributed by atoms with E-state index in [2.05, 4.69) is 19.5 Å². The van der Waals surface area contributed by atoms with Gasteiger partial charge in [-0.15, -0.1) is 0 Å². The predicted molar refractivity (Wildman–Crippen MR) is 69.2 cm³/mol. The van der Waals surface area contributed by atoms with Crippen LogP contribution in [-0.2, 0) is 23.8 Å². The van der Waals surface area contributed by atoms with Crippen molar-refractivity contribution in [3.05, 3.63) is 29.8 Å². The minimum absolute atomic E-state index is 0.188. The molecule has 7 heteroatoms. The van der Waals surface area contributed by atoms with E-state index in [0.29, 0.717) is 0 Å². The van der Waals surface area contributed by atoms with Crippen molar-refractivity contribution in [1.29, 1.82) is 0 Å². The highest BCUT2D eigenvalue weighted by Gasteiger charge is 2.29. The minimum Gasteiger partial charge on any atom is -0.467 e. The van der Waals surface area contributed by atoms with Gasteiger partial charge in [0.05, 0.1) is 26.9 Å². The topological polar surface area (TPSA) is 90.9 Å². The fourth-order valence-corrected chi connectivity index (χ4v) is 1.50. The Balaban J connectivity index is 3.08. The Kier molecular flexibility index (Phi) is 5.52. The van der Waals surface area contributed by atoms with Crippen LogP contribution in [0.25, 0.3) is 0 Å². The lowest BCUT2D eigenvalue weighted by Crippen LogP contribution is -2.39. The Labute approximate surface area is 115 Å². The van der Waals surface area contributed by atoms with Crippen LogP contribution in [0.2, 0.25) is 0 Å². The number of rotatable bonds is 5. The summed E-state index contributed by atoms with van der Waals surface area (Å²) in [6.45, 7) is 0. The second-order valence-electron chi connectivity index (χ2n) is 3.66. The molecule has 0 saturated carbocycles. The first-order valence-electron chi connectivity index (χ1n) is 5.64. The normalized spacial score (nSPS) is 9.80. The number of para-hydroxylation sites is 1. The number of carbonyl (C=O) groups is 3. The molecule has 1 N–H and O–H groups in total.